The van der Waals surface area contributed by atoms with Gasteiger partial charge in [-0.2, -0.15) is 0 Å². The Bertz CT molecular complexity index is 140. The highest BCUT2D eigenvalue weighted by atomic mass is 15.5. The van der Waals surface area contributed by atoms with E-state index in [0.717, 1.165) is 5.41 Å². The van der Waals surface area contributed by atoms with E-state index in [1.165, 1.54) is 51.6 Å². The summed E-state index contributed by atoms with van der Waals surface area (Å²) in [4.78, 5) is 0. The molecule has 1 N–H and O–H groups in total. The summed E-state index contributed by atoms with van der Waals surface area (Å²) in [6.07, 6.45) is 8.83. The van der Waals surface area contributed by atoms with Crippen molar-refractivity contribution in [1.82, 2.24) is 10.4 Å². The molecule has 2 aliphatic rings. The van der Waals surface area contributed by atoms with E-state index in [1.54, 1.807) is 0 Å². The monoisotopic (exact) mass is 168 g/mol. The van der Waals surface area contributed by atoms with E-state index < -0.39 is 0 Å². The molecule has 1 spiro atoms. The van der Waals surface area contributed by atoms with Gasteiger partial charge in [0.15, 0.2) is 0 Å². The number of nitrogens with one attached hydrogen (secondary N) is 1. The maximum absolute atomic E-state index is 3.24. The SMILES string of the molecule is CNN1CCC2(CCCC2)CC1. The Balaban J connectivity index is 1.88. The minimum Gasteiger partial charge on any atom is -0.258 e. The molecule has 0 aromatic heterocycles. The van der Waals surface area contributed by atoms with E-state index >= 15 is 0 Å². The minimum absolute atomic E-state index is 0.771. The van der Waals surface area contributed by atoms with Gasteiger partial charge in [-0.25, -0.2) is 5.01 Å². The molecule has 1 saturated carbocycles. The zero-order valence-electron chi connectivity index (χ0n) is 8.10. The van der Waals surface area contributed by atoms with Crippen molar-refractivity contribution in [2.24, 2.45) is 5.41 Å². The largest absolute Gasteiger partial charge is 0.258 e. The van der Waals surface area contributed by atoms with Crippen LogP contribution in [0, 0.1) is 5.41 Å². The molecule has 1 heterocycles. The average Bonchev–Trinajstić information content (AvgIpc) is 2.55. The Hall–Kier alpha value is -0.0800. The third kappa shape index (κ3) is 1.50. The smallest absolute Gasteiger partial charge is 0.0136 e. The molecule has 0 amide bonds. The van der Waals surface area contributed by atoms with E-state index in [2.05, 4.69) is 10.4 Å². The lowest BCUT2D eigenvalue weighted by atomic mass is 9.77. The molecule has 0 unspecified atom stereocenters. The van der Waals surface area contributed by atoms with Crippen LogP contribution < -0.4 is 5.43 Å². The second kappa shape index (κ2) is 3.35. The summed E-state index contributed by atoms with van der Waals surface area (Å²) in [6, 6.07) is 0. The molecule has 0 radical (unpaired) electrons. The fraction of sp³-hybridized carbons (Fsp3) is 1.00. The molecule has 12 heavy (non-hydrogen) atoms. The lowest BCUT2D eigenvalue weighted by Gasteiger charge is -2.38. The van der Waals surface area contributed by atoms with Crippen molar-refractivity contribution in [2.75, 3.05) is 20.1 Å². The van der Waals surface area contributed by atoms with Crippen LogP contribution in [0.5, 0.6) is 0 Å². The van der Waals surface area contributed by atoms with Crippen LogP contribution in [0.2, 0.25) is 0 Å². The van der Waals surface area contributed by atoms with Crippen molar-refractivity contribution >= 4 is 0 Å². The summed E-state index contributed by atoms with van der Waals surface area (Å²) < 4.78 is 0. The molecule has 1 saturated heterocycles. The van der Waals surface area contributed by atoms with Crippen LogP contribution in [0.3, 0.4) is 0 Å². The molecule has 2 rings (SSSR count). The first-order valence-corrected chi connectivity index (χ1v) is 5.27. The third-order valence-electron chi connectivity index (χ3n) is 3.80. The predicted molar refractivity (Wildman–Crippen MR) is 50.8 cm³/mol. The lowest BCUT2D eigenvalue weighted by molar-refractivity contribution is 0.0781. The van der Waals surface area contributed by atoms with Gasteiger partial charge in [-0.3, -0.25) is 5.43 Å². The summed E-state index contributed by atoms with van der Waals surface area (Å²) >= 11 is 0. The van der Waals surface area contributed by atoms with Gasteiger partial charge in [-0.1, -0.05) is 12.8 Å². The summed E-state index contributed by atoms with van der Waals surface area (Å²) in [5, 5.41) is 2.35. The molecular weight excluding hydrogens is 148 g/mol. The first kappa shape index (κ1) is 8.52. The third-order valence-corrected chi connectivity index (χ3v) is 3.80. The van der Waals surface area contributed by atoms with E-state index in [1.807, 2.05) is 7.05 Å². The van der Waals surface area contributed by atoms with Crippen molar-refractivity contribution in [2.45, 2.75) is 38.5 Å². The molecule has 0 bridgehead atoms. The Kier molecular flexibility index (Phi) is 2.37. The summed E-state index contributed by atoms with van der Waals surface area (Å²) in [5.41, 5.74) is 4.01. The van der Waals surface area contributed by atoms with Gasteiger partial charge in [0.25, 0.3) is 0 Å². The fourth-order valence-corrected chi connectivity index (χ4v) is 2.83. The number of piperidine rings is 1. The van der Waals surface area contributed by atoms with Crippen molar-refractivity contribution < 1.29 is 0 Å². The molecule has 0 aromatic carbocycles. The number of hydrogen-bond donors (Lipinski definition) is 1. The first-order chi connectivity index (χ1) is 5.85. The van der Waals surface area contributed by atoms with Crippen LogP contribution in [0.4, 0.5) is 0 Å². The first-order valence-electron chi connectivity index (χ1n) is 5.27. The van der Waals surface area contributed by atoms with Gasteiger partial charge in [-0.15, -0.1) is 0 Å². The highest BCUT2D eigenvalue weighted by Crippen LogP contribution is 2.45. The standard InChI is InChI=1S/C10H20N2/c1-11-12-8-6-10(7-9-12)4-2-3-5-10/h11H,2-9H2,1H3. The van der Waals surface area contributed by atoms with Crippen LogP contribution in [-0.2, 0) is 0 Å². The molecule has 2 nitrogen and oxygen atoms in total. The van der Waals surface area contributed by atoms with Gasteiger partial charge in [0.1, 0.15) is 0 Å². The topological polar surface area (TPSA) is 15.3 Å². The summed E-state index contributed by atoms with van der Waals surface area (Å²) in [6.45, 7) is 2.52. The Morgan fingerprint density at radius 2 is 1.58 bits per heavy atom. The Morgan fingerprint density at radius 1 is 1.00 bits per heavy atom. The van der Waals surface area contributed by atoms with E-state index in [-0.39, 0.29) is 0 Å². The second-order valence-electron chi connectivity index (χ2n) is 4.42. The number of hydrazine groups is 1. The van der Waals surface area contributed by atoms with Gasteiger partial charge in [0.2, 0.25) is 0 Å². The molecule has 2 heteroatoms. The molecule has 0 aromatic rings. The van der Waals surface area contributed by atoms with E-state index in [0.29, 0.717) is 0 Å². The quantitative estimate of drug-likeness (QED) is 0.642. The van der Waals surface area contributed by atoms with Gasteiger partial charge >= 0.3 is 0 Å². The van der Waals surface area contributed by atoms with Crippen LogP contribution in [-0.4, -0.2) is 25.1 Å². The van der Waals surface area contributed by atoms with Crippen LogP contribution in [0.15, 0.2) is 0 Å². The van der Waals surface area contributed by atoms with Gasteiger partial charge in [0, 0.05) is 13.1 Å². The van der Waals surface area contributed by atoms with Crippen molar-refractivity contribution in [3.05, 3.63) is 0 Å². The van der Waals surface area contributed by atoms with Gasteiger partial charge in [0.05, 0.1) is 0 Å². The average molecular weight is 168 g/mol. The normalized spacial score (nSPS) is 29.8. The maximum Gasteiger partial charge on any atom is 0.0136 e. The van der Waals surface area contributed by atoms with Crippen LogP contribution in [0.25, 0.3) is 0 Å². The highest BCUT2D eigenvalue weighted by Gasteiger charge is 2.36. The van der Waals surface area contributed by atoms with E-state index in [9.17, 15) is 0 Å². The predicted octanol–water partition coefficient (Wildman–Crippen LogP) is 1.78. The summed E-state index contributed by atoms with van der Waals surface area (Å²) in [5.74, 6) is 0. The molecule has 70 valence electrons. The molecule has 1 aliphatic carbocycles. The van der Waals surface area contributed by atoms with Crippen LogP contribution >= 0.6 is 0 Å². The van der Waals surface area contributed by atoms with Crippen molar-refractivity contribution in [3.63, 3.8) is 0 Å². The van der Waals surface area contributed by atoms with Gasteiger partial charge in [-0.05, 0) is 38.1 Å². The zero-order chi connectivity index (χ0) is 8.44. The molecule has 0 atom stereocenters. The fourth-order valence-electron chi connectivity index (χ4n) is 2.83. The number of nitrogens with zero attached hydrogens (tertiary/aromatic N) is 1. The second-order valence-corrected chi connectivity index (χ2v) is 4.42. The molecule has 2 fully saturated rings. The van der Waals surface area contributed by atoms with Crippen molar-refractivity contribution in [1.29, 1.82) is 0 Å². The van der Waals surface area contributed by atoms with Crippen molar-refractivity contribution in [3.8, 4) is 0 Å². The van der Waals surface area contributed by atoms with Gasteiger partial charge < -0.3 is 0 Å². The maximum atomic E-state index is 3.24. The highest BCUT2D eigenvalue weighted by molar-refractivity contribution is 4.88. The minimum atomic E-state index is 0.771. The zero-order valence-corrected chi connectivity index (χ0v) is 8.10. The molecular formula is C10H20N2. The Morgan fingerprint density at radius 3 is 2.08 bits per heavy atom. The Labute approximate surface area is 75.3 Å². The van der Waals surface area contributed by atoms with E-state index in [4.69, 9.17) is 0 Å². The number of hydrogen-bond acceptors (Lipinski definition) is 2. The lowest BCUT2D eigenvalue weighted by Crippen LogP contribution is -2.44. The molecule has 1 aliphatic heterocycles. The summed E-state index contributed by atoms with van der Waals surface area (Å²) in [7, 11) is 2.03. The van der Waals surface area contributed by atoms with Crippen LogP contribution in [0.1, 0.15) is 38.5 Å². The number of rotatable bonds is 1.